The number of hydrogen-bond donors (Lipinski definition) is 0. The molecular weight excluding hydrogens is 322 g/mol. The van der Waals surface area contributed by atoms with Gasteiger partial charge in [0.15, 0.2) is 0 Å². The van der Waals surface area contributed by atoms with Gasteiger partial charge in [-0.05, 0) is 54.7 Å². The molecule has 24 heavy (non-hydrogen) atoms. The zero-order valence-electron chi connectivity index (χ0n) is 14.0. The number of fused-ring (bicyclic) bond motifs is 1. The number of hydrogen-bond acceptors (Lipinski definition) is 4. The first kappa shape index (κ1) is 16.1. The van der Waals surface area contributed by atoms with E-state index in [1.807, 2.05) is 21.7 Å². The lowest BCUT2D eigenvalue weighted by atomic mass is 10.1. The zero-order valence-corrected chi connectivity index (χ0v) is 14.8. The number of carbonyl (C=O) groups is 2. The van der Waals surface area contributed by atoms with Crippen molar-refractivity contribution in [3.05, 3.63) is 22.4 Å². The second-order valence-corrected chi connectivity index (χ2v) is 7.94. The third-order valence-corrected chi connectivity index (χ3v) is 6.46. The first-order valence-corrected chi connectivity index (χ1v) is 9.99. The Labute approximate surface area is 147 Å². The van der Waals surface area contributed by atoms with Gasteiger partial charge in [-0.25, -0.2) is 0 Å². The van der Waals surface area contributed by atoms with Crippen LogP contribution in [0.4, 0.5) is 0 Å². The minimum atomic E-state index is 0.0993. The summed E-state index contributed by atoms with van der Waals surface area (Å²) in [6.07, 6.45) is 4.48. The highest BCUT2D eigenvalue weighted by Gasteiger charge is 2.47. The molecule has 3 aliphatic heterocycles. The van der Waals surface area contributed by atoms with Crippen LogP contribution < -0.4 is 0 Å². The Kier molecular flexibility index (Phi) is 4.59. The van der Waals surface area contributed by atoms with Crippen molar-refractivity contribution >= 4 is 23.2 Å². The first-order valence-electron chi connectivity index (χ1n) is 9.05. The van der Waals surface area contributed by atoms with Crippen LogP contribution in [-0.2, 0) is 16.0 Å². The molecule has 1 aromatic heterocycles. The van der Waals surface area contributed by atoms with Crippen molar-refractivity contribution in [2.24, 2.45) is 0 Å². The van der Waals surface area contributed by atoms with Gasteiger partial charge in [-0.1, -0.05) is 0 Å². The smallest absolute Gasteiger partial charge is 0.227 e. The molecule has 0 spiro atoms. The highest BCUT2D eigenvalue weighted by molar-refractivity contribution is 7.08. The van der Waals surface area contributed by atoms with E-state index in [-0.39, 0.29) is 23.9 Å². The maximum Gasteiger partial charge on any atom is 0.227 e. The van der Waals surface area contributed by atoms with E-state index in [1.165, 1.54) is 25.9 Å². The summed E-state index contributed by atoms with van der Waals surface area (Å²) >= 11 is 1.63. The molecule has 130 valence electrons. The molecule has 0 unspecified atom stereocenters. The van der Waals surface area contributed by atoms with E-state index in [9.17, 15) is 9.59 Å². The Hall–Kier alpha value is -1.40. The Morgan fingerprint density at radius 3 is 2.75 bits per heavy atom. The molecule has 0 N–H and O–H groups in total. The van der Waals surface area contributed by atoms with Gasteiger partial charge < -0.3 is 14.7 Å². The molecule has 1 aromatic rings. The van der Waals surface area contributed by atoms with Gasteiger partial charge in [-0.15, -0.1) is 0 Å². The fourth-order valence-electron chi connectivity index (χ4n) is 4.45. The van der Waals surface area contributed by atoms with Crippen LogP contribution in [0.2, 0.25) is 0 Å². The average Bonchev–Trinajstić information content (AvgIpc) is 3.31. The van der Waals surface area contributed by atoms with Crippen molar-refractivity contribution < 1.29 is 9.59 Å². The second kappa shape index (κ2) is 6.84. The number of amides is 2. The van der Waals surface area contributed by atoms with Crippen LogP contribution in [0.15, 0.2) is 16.8 Å². The van der Waals surface area contributed by atoms with Gasteiger partial charge in [-0.2, -0.15) is 11.3 Å². The summed E-state index contributed by atoms with van der Waals surface area (Å²) in [5.41, 5.74) is 1.09. The highest BCUT2D eigenvalue weighted by atomic mass is 32.1. The van der Waals surface area contributed by atoms with Crippen LogP contribution in [-0.4, -0.2) is 71.3 Å². The van der Waals surface area contributed by atoms with Crippen molar-refractivity contribution in [2.45, 2.75) is 44.2 Å². The monoisotopic (exact) mass is 347 g/mol. The molecule has 4 heterocycles. The van der Waals surface area contributed by atoms with E-state index in [4.69, 9.17) is 0 Å². The third-order valence-electron chi connectivity index (χ3n) is 5.73. The molecule has 0 radical (unpaired) electrons. The van der Waals surface area contributed by atoms with Gasteiger partial charge >= 0.3 is 0 Å². The summed E-state index contributed by atoms with van der Waals surface area (Å²) in [5.74, 6) is 0.410. The van der Waals surface area contributed by atoms with Gasteiger partial charge in [0.05, 0.1) is 18.5 Å². The summed E-state index contributed by atoms with van der Waals surface area (Å²) in [6.45, 7) is 4.94. The Bertz CT molecular complexity index is 597. The molecule has 0 aromatic carbocycles. The van der Waals surface area contributed by atoms with Gasteiger partial charge in [0.25, 0.3) is 0 Å². The molecule has 5 nitrogen and oxygen atoms in total. The normalized spacial score (nSPS) is 27.2. The lowest BCUT2D eigenvalue weighted by molar-refractivity contribution is -0.131. The Morgan fingerprint density at radius 1 is 1.17 bits per heavy atom. The summed E-state index contributed by atoms with van der Waals surface area (Å²) < 4.78 is 0. The largest absolute Gasteiger partial charge is 0.337 e. The van der Waals surface area contributed by atoms with E-state index in [0.29, 0.717) is 12.8 Å². The molecule has 3 aliphatic rings. The van der Waals surface area contributed by atoms with E-state index >= 15 is 0 Å². The lowest BCUT2D eigenvalue weighted by Crippen LogP contribution is -2.42. The Balaban J connectivity index is 1.36. The topological polar surface area (TPSA) is 43.9 Å². The van der Waals surface area contributed by atoms with Crippen molar-refractivity contribution in [2.75, 3.05) is 32.7 Å². The summed E-state index contributed by atoms with van der Waals surface area (Å²) in [4.78, 5) is 31.6. The molecule has 0 bridgehead atoms. The van der Waals surface area contributed by atoms with Crippen LogP contribution in [0, 0.1) is 0 Å². The first-order chi connectivity index (χ1) is 11.7. The van der Waals surface area contributed by atoms with Crippen LogP contribution in [0.25, 0.3) is 0 Å². The van der Waals surface area contributed by atoms with Crippen LogP contribution in [0.5, 0.6) is 0 Å². The van der Waals surface area contributed by atoms with Crippen molar-refractivity contribution in [3.8, 4) is 0 Å². The standard InChI is InChI=1S/C18H25N3O2S/c22-17(11-14-4-10-24-13-14)20-7-3-15-16(20)12-18(23)21(15)9-8-19-5-1-2-6-19/h4,10,13,15-16H,1-3,5-9,11-12H2/t15-,16+/m1/s1. The molecule has 4 rings (SSSR count). The number of carbonyl (C=O) groups excluding carboxylic acids is 2. The molecule has 0 aliphatic carbocycles. The third kappa shape index (κ3) is 3.09. The molecule has 2 amide bonds. The molecule has 3 fully saturated rings. The SMILES string of the molecule is O=C1C[C@H]2[C@@H](CCN2C(=O)Cc2ccsc2)N1CCN1CCCC1. The van der Waals surface area contributed by atoms with Gasteiger partial charge in [0.2, 0.25) is 11.8 Å². The fraction of sp³-hybridized carbons (Fsp3) is 0.667. The zero-order chi connectivity index (χ0) is 16.5. The number of nitrogens with zero attached hydrogens (tertiary/aromatic N) is 3. The minimum absolute atomic E-state index is 0.0993. The van der Waals surface area contributed by atoms with Gasteiger partial charge in [0.1, 0.15) is 0 Å². The van der Waals surface area contributed by atoms with Gasteiger partial charge in [0, 0.05) is 26.1 Å². The van der Waals surface area contributed by atoms with Crippen molar-refractivity contribution in [1.82, 2.24) is 14.7 Å². The summed E-state index contributed by atoms with van der Waals surface area (Å²) in [5, 5.41) is 4.04. The second-order valence-electron chi connectivity index (χ2n) is 7.16. The lowest BCUT2D eigenvalue weighted by Gasteiger charge is -2.27. The summed E-state index contributed by atoms with van der Waals surface area (Å²) in [7, 11) is 0. The Morgan fingerprint density at radius 2 is 2.00 bits per heavy atom. The van der Waals surface area contributed by atoms with Crippen LogP contribution in [0.1, 0.15) is 31.2 Å². The van der Waals surface area contributed by atoms with E-state index < -0.39 is 0 Å². The maximum atomic E-state index is 12.6. The van der Waals surface area contributed by atoms with Crippen molar-refractivity contribution in [3.63, 3.8) is 0 Å². The molecular formula is C18H25N3O2S. The predicted octanol–water partition coefficient (Wildman–Crippen LogP) is 1.59. The fourth-order valence-corrected chi connectivity index (χ4v) is 5.12. The average molecular weight is 347 g/mol. The van der Waals surface area contributed by atoms with E-state index in [0.717, 1.165) is 31.6 Å². The van der Waals surface area contributed by atoms with Gasteiger partial charge in [-0.3, -0.25) is 9.59 Å². The number of likely N-dealkylation sites (tertiary alicyclic amines) is 3. The maximum absolute atomic E-state index is 12.6. The minimum Gasteiger partial charge on any atom is -0.337 e. The molecule has 2 atom stereocenters. The number of rotatable bonds is 5. The molecule has 0 saturated carbocycles. The molecule has 3 saturated heterocycles. The van der Waals surface area contributed by atoms with E-state index in [2.05, 4.69) is 9.80 Å². The quantitative estimate of drug-likeness (QED) is 0.812. The summed E-state index contributed by atoms with van der Waals surface area (Å²) in [6, 6.07) is 2.35. The highest BCUT2D eigenvalue weighted by Crippen LogP contribution is 2.33. The van der Waals surface area contributed by atoms with Crippen LogP contribution in [0.3, 0.4) is 0 Å². The molecule has 6 heteroatoms. The predicted molar refractivity (Wildman–Crippen MR) is 93.9 cm³/mol. The van der Waals surface area contributed by atoms with Crippen LogP contribution >= 0.6 is 11.3 Å². The van der Waals surface area contributed by atoms with E-state index in [1.54, 1.807) is 11.3 Å². The number of thiophene rings is 1. The van der Waals surface area contributed by atoms with Crippen molar-refractivity contribution in [1.29, 1.82) is 0 Å².